The van der Waals surface area contributed by atoms with Gasteiger partial charge in [0, 0.05) is 16.8 Å². The van der Waals surface area contributed by atoms with Gasteiger partial charge in [-0.05, 0) is 55.0 Å². The van der Waals surface area contributed by atoms with E-state index >= 15 is 0 Å². The van der Waals surface area contributed by atoms with E-state index in [4.69, 9.17) is 11.6 Å². The number of alkyl halides is 1. The predicted molar refractivity (Wildman–Crippen MR) is 68.3 cm³/mol. The second-order valence-corrected chi connectivity index (χ2v) is 6.81. The zero-order chi connectivity index (χ0) is 10.6. The molecule has 1 unspecified atom stereocenters. The molecule has 1 heterocycles. The number of hydrogen-bond acceptors (Lipinski definition) is 2. The minimum absolute atomic E-state index is 0.271. The third-order valence-corrected chi connectivity index (χ3v) is 3.79. The number of rotatable bonds is 5. The first-order chi connectivity index (χ1) is 6.58. The second-order valence-electron chi connectivity index (χ2n) is 3.51. The van der Waals surface area contributed by atoms with Crippen LogP contribution in [-0.2, 0) is 6.54 Å². The lowest BCUT2D eigenvalue weighted by atomic mass is 10.3. The molecule has 0 aliphatic heterocycles. The molecule has 0 aromatic carbocycles. The zero-order valence-electron chi connectivity index (χ0n) is 8.46. The van der Waals surface area contributed by atoms with Gasteiger partial charge in [-0.1, -0.05) is 0 Å². The number of halogens is 2. The largest absolute Gasteiger partial charge is 0.301 e. The van der Waals surface area contributed by atoms with Crippen LogP contribution in [0.1, 0.15) is 18.2 Å². The summed E-state index contributed by atoms with van der Waals surface area (Å²) in [4.78, 5) is 3.69. The first kappa shape index (κ1) is 12.5. The lowest BCUT2D eigenvalue weighted by Gasteiger charge is -2.15. The summed E-state index contributed by atoms with van der Waals surface area (Å²) in [5, 5.41) is 0.271. The lowest BCUT2D eigenvalue weighted by Crippen LogP contribution is -2.20. The van der Waals surface area contributed by atoms with Crippen molar-refractivity contribution in [1.29, 1.82) is 0 Å². The maximum Gasteiger partial charge on any atom is 0.0701 e. The topological polar surface area (TPSA) is 3.24 Å². The predicted octanol–water partition coefficient (Wildman–Crippen LogP) is 3.96. The molecule has 0 amide bonds. The average molecular weight is 297 g/mol. The van der Waals surface area contributed by atoms with Gasteiger partial charge in [-0.2, -0.15) is 0 Å². The molecule has 14 heavy (non-hydrogen) atoms. The maximum atomic E-state index is 5.90. The fourth-order valence-electron chi connectivity index (χ4n) is 1.18. The van der Waals surface area contributed by atoms with Gasteiger partial charge in [0.25, 0.3) is 0 Å². The monoisotopic (exact) mass is 295 g/mol. The van der Waals surface area contributed by atoms with Crippen molar-refractivity contribution >= 4 is 38.9 Å². The zero-order valence-corrected chi connectivity index (χ0v) is 11.6. The van der Waals surface area contributed by atoms with Crippen molar-refractivity contribution in [3.63, 3.8) is 0 Å². The Morgan fingerprint density at radius 3 is 2.79 bits per heavy atom. The molecule has 0 aliphatic rings. The van der Waals surface area contributed by atoms with Crippen LogP contribution < -0.4 is 0 Å². The number of hydrogen-bond donors (Lipinski definition) is 0. The summed E-state index contributed by atoms with van der Waals surface area (Å²) in [6.07, 6.45) is 1.05. The first-order valence-electron chi connectivity index (χ1n) is 4.64. The van der Waals surface area contributed by atoms with Crippen molar-refractivity contribution in [3.05, 3.63) is 20.8 Å². The van der Waals surface area contributed by atoms with Crippen LogP contribution in [0.25, 0.3) is 0 Å². The van der Waals surface area contributed by atoms with Gasteiger partial charge in [0.05, 0.1) is 3.79 Å². The number of nitrogens with zero attached hydrogens (tertiary/aromatic N) is 1. The molecule has 1 nitrogen and oxygen atoms in total. The summed E-state index contributed by atoms with van der Waals surface area (Å²) in [5.41, 5.74) is 0. The molecule has 1 rings (SSSR count). The summed E-state index contributed by atoms with van der Waals surface area (Å²) in [7, 11) is 2.13. The summed E-state index contributed by atoms with van der Waals surface area (Å²) in [5.74, 6) is 0. The van der Waals surface area contributed by atoms with Crippen molar-refractivity contribution in [3.8, 4) is 0 Å². The highest BCUT2D eigenvalue weighted by atomic mass is 79.9. The molecule has 0 spiro atoms. The highest BCUT2D eigenvalue weighted by Gasteiger charge is 2.04. The van der Waals surface area contributed by atoms with Gasteiger partial charge >= 0.3 is 0 Å². The summed E-state index contributed by atoms with van der Waals surface area (Å²) >= 11 is 11.2. The highest BCUT2D eigenvalue weighted by Crippen LogP contribution is 2.23. The third kappa shape index (κ3) is 4.78. The second kappa shape index (κ2) is 6.11. The Hall–Kier alpha value is 0.430. The minimum atomic E-state index is 0.271. The first-order valence-corrected chi connectivity index (χ1v) is 6.69. The van der Waals surface area contributed by atoms with Crippen molar-refractivity contribution in [2.75, 3.05) is 13.6 Å². The molecular weight excluding hydrogens is 282 g/mol. The molecule has 0 bridgehead atoms. The van der Waals surface area contributed by atoms with Crippen molar-refractivity contribution in [2.45, 2.75) is 25.3 Å². The smallest absolute Gasteiger partial charge is 0.0701 e. The number of thiophene rings is 1. The SMILES string of the molecule is CC(Cl)CCN(C)Cc1ccc(Br)s1. The van der Waals surface area contributed by atoms with Gasteiger partial charge in [-0.25, -0.2) is 0 Å². The van der Waals surface area contributed by atoms with Gasteiger partial charge in [0.15, 0.2) is 0 Å². The van der Waals surface area contributed by atoms with E-state index in [1.165, 1.54) is 8.66 Å². The van der Waals surface area contributed by atoms with E-state index in [-0.39, 0.29) is 5.38 Å². The lowest BCUT2D eigenvalue weighted by molar-refractivity contribution is 0.324. The van der Waals surface area contributed by atoms with Crippen LogP contribution in [0.3, 0.4) is 0 Å². The van der Waals surface area contributed by atoms with Gasteiger partial charge < -0.3 is 4.90 Å². The normalized spacial score (nSPS) is 13.5. The Labute approximate surface area is 103 Å². The van der Waals surface area contributed by atoms with Crippen LogP contribution in [-0.4, -0.2) is 23.9 Å². The molecule has 1 atom stereocenters. The molecule has 4 heteroatoms. The molecule has 1 aromatic rings. The Kier molecular flexibility index (Phi) is 5.45. The molecule has 0 saturated carbocycles. The standard InChI is InChI=1S/C10H15BrClNS/c1-8(12)5-6-13(2)7-9-3-4-10(11)14-9/h3-4,8H,5-7H2,1-2H3. The fourth-order valence-corrected chi connectivity index (χ4v) is 2.84. The minimum Gasteiger partial charge on any atom is -0.301 e. The molecule has 0 saturated heterocycles. The van der Waals surface area contributed by atoms with E-state index in [0.717, 1.165) is 19.5 Å². The van der Waals surface area contributed by atoms with E-state index in [2.05, 4.69) is 40.0 Å². The van der Waals surface area contributed by atoms with E-state index < -0.39 is 0 Å². The van der Waals surface area contributed by atoms with Gasteiger partial charge in [-0.15, -0.1) is 22.9 Å². The maximum absolute atomic E-state index is 5.90. The molecule has 0 fully saturated rings. The highest BCUT2D eigenvalue weighted by molar-refractivity contribution is 9.11. The van der Waals surface area contributed by atoms with Gasteiger partial charge in [-0.3, -0.25) is 0 Å². The van der Waals surface area contributed by atoms with Crippen molar-refractivity contribution < 1.29 is 0 Å². The fraction of sp³-hybridized carbons (Fsp3) is 0.600. The molecular formula is C10H15BrClNS. The van der Waals surface area contributed by atoms with E-state index in [9.17, 15) is 0 Å². The Morgan fingerprint density at radius 2 is 2.29 bits per heavy atom. The molecule has 0 N–H and O–H groups in total. The summed E-state index contributed by atoms with van der Waals surface area (Å²) in [6, 6.07) is 4.26. The van der Waals surface area contributed by atoms with Crippen LogP contribution in [0.4, 0.5) is 0 Å². The van der Waals surface area contributed by atoms with Crippen LogP contribution in [0.5, 0.6) is 0 Å². The van der Waals surface area contributed by atoms with E-state index in [1.54, 1.807) is 11.3 Å². The quantitative estimate of drug-likeness (QED) is 0.744. The molecule has 0 radical (unpaired) electrons. The molecule has 1 aromatic heterocycles. The van der Waals surface area contributed by atoms with Crippen molar-refractivity contribution in [1.82, 2.24) is 4.90 Å². The Bertz CT molecular complexity index is 275. The van der Waals surface area contributed by atoms with E-state index in [0.29, 0.717) is 0 Å². The summed E-state index contributed by atoms with van der Waals surface area (Å²) in [6.45, 7) is 4.11. The van der Waals surface area contributed by atoms with Gasteiger partial charge in [0.1, 0.15) is 0 Å². The van der Waals surface area contributed by atoms with E-state index in [1.807, 2.05) is 6.92 Å². The van der Waals surface area contributed by atoms with Crippen LogP contribution in [0.15, 0.2) is 15.9 Å². The molecule has 0 aliphatic carbocycles. The Balaban J connectivity index is 2.30. The average Bonchev–Trinajstić information content (AvgIpc) is 2.48. The van der Waals surface area contributed by atoms with Crippen LogP contribution >= 0.6 is 38.9 Å². The van der Waals surface area contributed by atoms with Crippen LogP contribution in [0, 0.1) is 0 Å². The Morgan fingerprint density at radius 1 is 1.57 bits per heavy atom. The van der Waals surface area contributed by atoms with Crippen LogP contribution in [0.2, 0.25) is 0 Å². The molecule has 80 valence electrons. The third-order valence-electron chi connectivity index (χ3n) is 1.96. The summed E-state index contributed by atoms with van der Waals surface area (Å²) < 4.78 is 1.20. The van der Waals surface area contributed by atoms with Crippen molar-refractivity contribution in [2.24, 2.45) is 0 Å². The van der Waals surface area contributed by atoms with Gasteiger partial charge in [0.2, 0.25) is 0 Å².